The summed E-state index contributed by atoms with van der Waals surface area (Å²) in [7, 11) is 0. The summed E-state index contributed by atoms with van der Waals surface area (Å²) in [6.45, 7) is 3.62. The van der Waals surface area contributed by atoms with E-state index in [9.17, 15) is 9.59 Å². The highest BCUT2D eigenvalue weighted by molar-refractivity contribution is 5.96. The molecule has 0 aliphatic rings. The molecule has 0 aliphatic heterocycles. The topological polar surface area (TPSA) is 58.2 Å². The minimum Gasteiger partial charge on any atom is -0.272 e. The van der Waals surface area contributed by atoms with Crippen molar-refractivity contribution in [1.29, 1.82) is 0 Å². The number of hydrogen-bond acceptors (Lipinski definition) is 2. The predicted octanol–water partition coefficient (Wildman–Crippen LogP) is 2.43. The molecule has 2 aromatic carbocycles. The van der Waals surface area contributed by atoms with Gasteiger partial charge in [-0.2, -0.15) is 0 Å². The first kappa shape index (κ1) is 14.8. The molecular formula is C17H18N2O2. The zero-order valence-electron chi connectivity index (χ0n) is 12.1. The van der Waals surface area contributed by atoms with Crippen LogP contribution < -0.4 is 10.9 Å². The van der Waals surface area contributed by atoms with Crippen LogP contribution in [0.1, 0.15) is 29.8 Å². The van der Waals surface area contributed by atoms with Gasteiger partial charge in [0.2, 0.25) is 5.91 Å². The molecule has 21 heavy (non-hydrogen) atoms. The molecule has 0 saturated carbocycles. The molecule has 0 spiro atoms. The van der Waals surface area contributed by atoms with Crippen LogP contribution in [0.15, 0.2) is 60.7 Å². The molecule has 0 aromatic heterocycles. The van der Waals surface area contributed by atoms with E-state index < -0.39 is 5.41 Å². The first-order chi connectivity index (χ1) is 10.0. The number of carbonyl (C=O) groups excluding carboxylic acids is 2. The standard InChI is InChI=1S/C17H18N2O2/c1-17(2,14-11-7-4-8-12-14)16(21)19-18-15(20)13-9-5-3-6-10-13/h3-12H,1-2H3,(H,18,20)(H,19,21). The van der Waals surface area contributed by atoms with Crippen molar-refractivity contribution in [2.24, 2.45) is 0 Å². The summed E-state index contributed by atoms with van der Waals surface area (Å²) in [6, 6.07) is 18.2. The average Bonchev–Trinajstić information content (AvgIpc) is 2.53. The van der Waals surface area contributed by atoms with Crippen LogP contribution in [0.4, 0.5) is 0 Å². The molecule has 2 amide bonds. The lowest BCUT2D eigenvalue weighted by atomic mass is 9.84. The fourth-order valence-corrected chi connectivity index (χ4v) is 1.92. The van der Waals surface area contributed by atoms with Crippen LogP contribution in [0.2, 0.25) is 0 Å². The summed E-state index contributed by atoms with van der Waals surface area (Å²) < 4.78 is 0. The van der Waals surface area contributed by atoms with Crippen LogP contribution in [-0.4, -0.2) is 11.8 Å². The number of carbonyl (C=O) groups is 2. The lowest BCUT2D eigenvalue weighted by molar-refractivity contribution is -0.126. The van der Waals surface area contributed by atoms with E-state index in [-0.39, 0.29) is 11.8 Å². The second-order valence-electron chi connectivity index (χ2n) is 5.27. The number of nitrogens with one attached hydrogen (secondary N) is 2. The number of benzene rings is 2. The van der Waals surface area contributed by atoms with E-state index in [0.717, 1.165) is 5.56 Å². The van der Waals surface area contributed by atoms with Crippen LogP contribution >= 0.6 is 0 Å². The van der Waals surface area contributed by atoms with Gasteiger partial charge in [-0.3, -0.25) is 20.4 Å². The summed E-state index contributed by atoms with van der Waals surface area (Å²) in [5, 5.41) is 0. The third kappa shape index (κ3) is 3.48. The van der Waals surface area contributed by atoms with E-state index in [1.54, 1.807) is 24.3 Å². The smallest absolute Gasteiger partial charge is 0.269 e. The highest BCUT2D eigenvalue weighted by Gasteiger charge is 2.29. The second-order valence-corrected chi connectivity index (χ2v) is 5.27. The van der Waals surface area contributed by atoms with Crippen molar-refractivity contribution >= 4 is 11.8 Å². The molecule has 0 radical (unpaired) electrons. The normalized spacial score (nSPS) is 10.8. The van der Waals surface area contributed by atoms with Gasteiger partial charge in [-0.1, -0.05) is 48.5 Å². The van der Waals surface area contributed by atoms with Gasteiger partial charge in [0.15, 0.2) is 0 Å². The number of hydrazine groups is 1. The molecule has 0 heterocycles. The third-order valence-electron chi connectivity index (χ3n) is 3.39. The molecule has 108 valence electrons. The molecule has 2 rings (SSSR count). The summed E-state index contributed by atoms with van der Waals surface area (Å²) in [5.74, 6) is -0.606. The van der Waals surface area contributed by atoms with Crippen molar-refractivity contribution in [3.05, 3.63) is 71.8 Å². The van der Waals surface area contributed by atoms with Crippen molar-refractivity contribution in [3.8, 4) is 0 Å². The Morgan fingerprint density at radius 1 is 0.810 bits per heavy atom. The van der Waals surface area contributed by atoms with Crippen molar-refractivity contribution in [1.82, 2.24) is 10.9 Å². The summed E-state index contributed by atoms with van der Waals surface area (Å²) in [6.07, 6.45) is 0. The zero-order chi connectivity index (χ0) is 15.3. The Balaban J connectivity index is 2.00. The minimum atomic E-state index is -0.731. The van der Waals surface area contributed by atoms with Gasteiger partial charge in [0.25, 0.3) is 5.91 Å². The van der Waals surface area contributed by atoms with Crippen molar-refractivity contribution in [2.75, 3.05) is 0 Å². The van der Waals surface area contributed by atoms with Gasteiger partial charge >= 0.3 is 0 Å². The lowest BCUT2D eigenvalue weighted by Gasteiger charge is -2.24. The summed E-state index contributed by atoms with van der Waals surface area (Å²) in [4.78, 5) is 24.2. The first-order valence-electron chi connectivity index (χ1n) is 6.73. The van der Waals surface area contributed by atoms with Gasteiger partial charge < -0.3 is 0 Å². The molecule has 0 fully saturated rings. The van der Waals surface area contributed by atoms with Crippen LogP contribution in [0.3, 0.4) is 0 Å². The van der Waals surface area contributed by atoms with Gasteiger partial charge in [-0.15, -0.1) is 0 Å². The number of hydrogen-bond donors (Lipinski definition) is 2. The van der Waals surface area contributed by atoms with Gasteiger partial charge in [-0.25, -0.2) is 0 Å². The van der Waals surface area contributed by atoms with Crippen molar-refractivity contribution < 1.29 is 9.59 Å². The fraction of sp³-hybridized carbons (Fsp3) is 0.176. The SMILES string of the molecule is CC(C)(C(=O)NNC(=O)c1ccccc1)c1ccccc1. The highest BCUT2D eigenvalue weighted by Crippen LogP contribution is 2.22. The van der Waals surface area contributed by atoms with Crippen molar-refractivity contribution in [3.63, 3.8) is 0 Å². The Kier molecular flexibility index (Phi) is 4.38. The summed E-state index contributed by atoms with van der Waals surface area (Å²) >= 11 is 0. The monoisotopic (exact) mass is 282 g/mol. The fourth-order valence-electron chi connectivity index (χ4n) is 1.92. The van der Waals surface area contributed by atoms with Crippen LogP contribution in [0.5, 0.6) is 0 Å². The van der Waals surface area contributed by atoms with Gasteiger partial charge in [0, 0.05) is 5.56 Å². The molecule has 0 bridgehead atoms. The van der Waals surface area contributed by atoms with E-state index in [0.29, 0.717) is 5.56 Å². The van der Waals surface area contributed by atoms with E-state index in [1.807, 2.05) is 50.2 Å². The quantitative estimate of drug-likeness (QED) is 0.849. The van der Waals surface area contributed by atoms with Crippen LogP contribution in [0, 0.1) is 0 Å². The van der Waals surface area contributed by atoms with Crippen LogP contribution in [0.25, 0.3) is 0 Å². The van der Waals surface area contributed by atoms with E-state index in [2.05, 4.69) is 10.9 Å². The van der Waals surface area contributed by atoms with E-state index in [1.165, 1.54) is 0 Å². The Labute approximate surface area is 124 Å². The molecule has 2 N–H and O–H groups in total. The van der Waals surface area contributed by atoms with E-state index >= 15 is 0 Å². The van der Waals surface area contributed by atoms with Crippen molar-refractivity contribution in [2.45, 2.75) is 19.3 Å². The maximum absolute atomic E-state index is 12.3. The molecule has 4 heteroatoms. The molecule has 0 saturated heterocycles. The lowest BCUT2D eigenvalue weighted by Crippen LogP contribution is -2.49. The predicted molar refractivity (Wildman–Crippen MR) is 81.5 cm³/mol. The Hall–Kier alpha value is -2.62. The zero-order valence-corrected chi connectivity index (χ0v) is 12.1. The average molecular weight is 282 g/mol. The molecule has 0 aliphatic carbocycles. The van der Waals surface area contributed by atoms with Gasteiger partial charge in [-0.05, 0) is 31.5 Å². The molecular weight excluding hydrogens is 264 g/mol. The van der Waals surface area contributed by atoms with Gasteiger partial charge in [0.05, 0.1) is 5.41 Å². The Morgan fingerprint density at radius 3 is 1.90 bits per heavy atom. The minimum absolute atomic E-state index is 0.266. The number of amides is 2. The summed E-state index contributed by atoms with van der Waals surface area (Å²) in [5.41, 5.74) is 5.57. The molecule has 4 nitrogen and oxygen atoms in total. The Bertz CT molecular complexity index is 622. The third-order valence-corrected chi connectivity index (χ3v) is 3.39. The van der Waals surface area contributed by atoms with E-state index in [4.69, 9.17) is 0 Å². The highest BCUT2D eigenvalue weighted by atomic mass is 16.2. The second kappa shape index (κ2) is 6.22. The maximum Gasteiger partial charge on any atom is 0.269 e. The molecule has 0 unspecified atom stereocenters. The molecule has 0 atom stereocenters. The van der Waals surface area contributed by atoms with Gasteiger partial charge in [0.1, 0.15) is 0 Å². The largest absolute Gasteiger partial charge is 0.272 e. The van der Waals surface area contributed by atoms with Crippen LogP contribution in [-0.2, 0) is 10.2 Å². The Morgan fingerprint density at radius 2 is 1.33 bits per heavy atom. The number of rotatable bonds is 3. The maximum atomic E-state index is 12.3. The molecule has 2 aromatic rings. The first-order valence-corrected chi connectivity index (χ1v) is 6.73.